The molecule has 0 heterocycles. The first-order valence-electron chi connectivity index (χ1n) is 3.97. The third-order valence-electron chi connectivity index (χ3n) is 1.60. The molecule has 0 spiro atoms. The lowest BCUT2D eigenvalue weighted by molar-refractivity contribution is 0.492. The molecule has 0 N–H and O–H groups in total. The van der Waals surface area contributed by atoms with Crippen molar-refractivity contribution in [1.29, 1.82) is 0 Å². The van der Waals surface area contributed by atoms with Crippen LogP contribution in [-0.2, 0) is 9.84 Å². The first kappa shape index (κ1) is 12.2. The van der Waals surface area contributed by atoms with Crippen LogP contribution in [0.1, 0.15) is 20.8 Å². The summed E-state index contributed by atoms with van der Waals surface area (Å²) in [5.74, 6) is 0. The van der Waals surface area contributed by atoms with Gasteiger partial charge in [-0.2, -0.15) is 5.10 Å². The Morgan fingerprint density at radius 2 is 2.00 bits per heavy atom. The standard InChI is InChI=1S/C8H16N2O2S/c1-6-10(5)9-8(4)13(11,12)7(2)3/h6-7H,1H2,2-5H3/b9-8+. The van der Waals surface area contributed by atoms with E-state index in [1.54, 1.807) is 20.9 Å². The molecule has 0 saturated heterocycles. The van der Waals surface area contributed by atoms with Gasteiger partial charge >= 0.3 is 0 Å². The Morgan fingerprint density at radius 1 is 1.54 bits per heavy atom. The van der Waals surface area contributed by atoms with E-state index in [1.807, 2.05) is 0 Å². The normalized spacial score (nSPS) is 13.2. The summed E-state index contributed by atoms with van der Waals surface area (Å²) in [7, 11) is -1.59. The van der Waals surface area contributed by atoms with E-state index in [0.717, 1.165) is 0 Å². The van der Waals surface area contributed by atoms with Gasteiger partial charge < -0.3 is 0 Å². The van der Waals surface area contributed by atoms with Crippen molar-refractivity contribution in [1.82, 2.24) is 5.01 Å². The Morgan fingerprint density at radius 3 is 2.31 bits per heavy atom. The number of rotatable bonds is 3. The molecule has 0 unspecified atom stereocenters. The van der Waals surface area contributed by atoms with Crippen LogP contribution in [0.25, 0.3) is 0 Å². The van der Waals surface area contributed by atoms with E-state index in [2.05, 4.69) is 11.7 Å². The van der Waals surface area contributed by atoms with Crippen LogP contribution in [0.3, 0.4) is 0 Å². The lowest BCUT2D eigenvalue weighted by Gasteiger charge is -2.10. The van der Waals surface area contributed by atoms with Gasteiger partial charge in [0, 0.05) is 13.2 Å². The van der Waals surface area contributed by atoms with Gasteiger partial charge in [0.25, 0.3) is 0 Å². The highest BCUT2D eigenvalue weighted by atomic mass is 32.2. The van der Waals surface area contributed by atoms with Crippen molar-refractivity contribution in [3.8, 4) is 0 Å². The highest BCUT2D eigenvalue weighted by Crippen LogP contribution is 2.04. The van der Waals surface area contributed by atoms with Crippen molar-refractivity contribution in [2.24, 2.45) is 5.10 Å². The van der Waals surface area contributed by atoms with Gasteiger partial charge in [0.2, 0.25) is 0 Å². The SMILES string of the molecule is C=CN(C)/N=C(\C)S(=O)(=O)C(C)C. The second-order valence-electron chi connectivity index (χ2n) is 2.97. The largest absolute Gasteiger partial charge is 0.276 e. The van der Waals surface area contributed by atoms with Gasteiger partial charge in [-0.1, -0.05) is 6.58 Å². The van der Waals surface area contributed by atoms with Gasteiger partial charge in [-0.3, -0.25) is 5.01 Å². The molecule has 0 rings (SSSR count). The Hall–Kier alpha value is -0.840. The van der Waals surface area contributed by atoms with Gasteiger partial charge in [0.1, 0.15) is 5.04 Å². The summed E-state index contributed by atoms with van der Waals surface area (Å²) < 4.78 is 23.0. The molecular formula is C8H16N2O2S. The smallest absolute Gasteiger partial charge is 0.195 e. The van der Waals surface area contributed by atoms with Crippen LogP contribution < -0.4 is 0 Å². The van der Waals surface area contributed by atoms with E-state index >= 15 is 0 Å². The summed E-state index contributed by atoms with van der Waals surface area (Å²) in [5.41, 5.74) is 0. The van der Waals surface area contributed by atoms with Crippen molar-refractivity contribution in [3.05, 3.63) is 12.8 Å². The molecule has 0 aromatic rings. The lowest BCUT2D eigenvalue weighted by atomic mass is 10.6. The molecule has 0 amide bonds. The highest BCUT2D eigenvalue weighted by Gasteiger charge is 2.20. The summed E-state index contributed by atoms with van der Waals surface area (Å²) in [4.78, 5) is 0. The molecule has 0 bridgehead atoms. The van der Waals surface area contributed by atoms with Crippen LogP contribution in [0.15, 0.2) is 17.9 Å². The number of nitrogens with zero attached hydrogens (tertiary/aromatic N) is 2. The van der Waals surface area contributed by atoms with Gasteiger partial charge in [0.15, 0.2) is 9.84 Å². The topological polar surface area (TPSA) is 49.7 Å². The fourth-order valence-electron chi connectivity index (χ4n) is 0.661. The zero-order valence-electron chi connectivity index (χ0n) is 8.48. The summed E-state index contributed by atoms with van der Waals surface area (Å²) in [6, 6.07) is 0. The average molecular weight is 204 g/mol. The van der Waals surface area contributed by atoms with Crippen LogP contribution in [0, 0.1) is 0 Å². The van der Waals surface area contributed by atoms with Gasteiger partial charge in [-0.25, -0.2) is 8.42 Å². The van der Waals surface area contributed by atoms with Crippen LogP contribution in [0.2, 0.25) is 0 Å². The summed E-state index contributed by atoms with van der Waals surface area (Å²) >= 11 is 0. The molecule has 0 aliphatic rings. The van der Waals surface area contributed by atoms with Crippen molar-refractivity contribution in [2.75, 3.05) is 7.05 Å². The molecule has 0 aromatic carbocycles. The third kappa shape index (κ3) is 3.18. The van der Waals surface area contributed by atoms with Crippen LogP contribution >= 0.6 is 0 Å². The maximum absolute atomic E-state index is 11.5. The molecule has 0 aromatic heterocycles. The molecule has 0 radical (unpaired) electrons. The molecule has 5 heteroatoms. The van der Waals surface area contributed by atoms with E-state index in [1.165, 1.54) is 18.1 Å². The molecule has 0 atom stereocenters. The number of hydrogen-bond donors (Lipinski definition) is 0. The molecule has 0 saturated carbocycles. The maximum Gasteiger partial charge on any atom is 0.195 e. The van der Waals surface area contributed by atoms with Crippen LogP contribution in [-0.4, -0.2) is 30.8 Å². The zero-order chi connectivity index (χ0) is 10.6. The first-order valence-corrected chi connectivity index (χ1v) is 5.51. The molecule has 0 fully saturated rings. The molecule has 13 heavy (non-hydrogen) atoms. The zero-order valence-corrected chi connectivity index (χ0v) is 9.30. The second-order valence-corrected chi connectivity index (χ2v) is 5.59. The number of sulfone groups is 1. The van der Waals surface area contributed by atoms with E-state index in [0.29, 0.717) is 0 Å². The second kappa shape index (κ2) is 4.41. The monoisotopic (exact) mass is 204 g/mol. The minimum Gasteiger partial charge on any atom is -0.276 e. The molecule has 4 nitrogen and oxygen atoms in total. The van der Waals surface area contributed by atoms with E-state index in [9.17, 15) is 8.42 Å². The van der Waals surface area contributed by atoms with Gasteiger partial charge in [0.05, 0.1) is 5.25 Å². The first-order chi connectivity index (χ1) is 5.82. The lowest BCUT2D eigenvalue weighted by Crippen LogP contribution is -2.23. The summed E-state index contributed by atoms with van der Waals surface area (Å²) in [5, 5.41) is 4.88. The predicted molar refractivity (Wildman–Crippen MR) is 55.1 cm³/mol. The quantitative estimate of drug-likeness (QED) is 0.394. The van der Waals surface area contributed by atoms with Crippen molar-refractivity contribution < 1.29 is 8.42 Å². The van der Waals surface area contributed by atoms with Crippen molar-refractivity contribution in [2.45, 2.75) is 26.0 Å². The van der Waals surface area contributed by atoms with Crippen molar-refractivity contribution >= 4 is 14.9 Å². The van der Waals surface area contributed by atoms with Crippen molar-refractivity contribution in [3.63, 3.8) is 0 Å². The Labute approximate surface area is 79.9 Å². The van der Waals surface area contributed by atoms with Gasteiger partial charge in [-0.05, 0) is 20.8 Å². The average Bonchev–Trinajstić information content (AvgIpc) is 2.03. The Kier molecular flexibility index (Phi) is 4.13. The highest BCUT2D eigenvalue weighted by molar-refractivity contribution is 8.06. The molecule has 76 valence electrons. The fourth-order valence-corrected chi connectivity index (χ4v) is 1.59. The maximum atomic E-state index is 11.5. The van der Waals surface area contributed by atoms with E-state index < -0.39 is 15.1 Å². The fraction of sp³-hybridized carbons (Fsp3) is 0.625. The molecular weight excluding hydrogens is 188 g/mol. The Bertz CT molecular complexity index is 304. The number of hydrogen-bond acceptors (Lipinski definition) is 4. The Balaban J connectivity index is 4.89. The number of hydrazone groups is 1. The van der Waals surface area contributed by atoms with Crippen LogP contribution in [0.5, 0.6) is 0 Å². The summed E-state index contributed by atoms with van der Waals surface area (Å²) in [6.45, 7) is 8.20. The summed E-state index contributed by atoms with van der Waals surface area (Å²) in [6.07, 6.45) is 1.44. The predicted octanol–water partition coefficient (Wildman–Crippen LogP) is 1.22. The molecule has 0 aliphatic carbocycles. The van der Waals surface area contributed by atoms with Crippen LogP contribution in [0.4, 0.5) is 0 Å². The molecule has 0 aliphatic heterocycles. The minimum atomic E-state index is -3.22. The third-order valence-corrected chi connectivity index (χ3v) is 3.74. The minimum absolute atomic E-state index is 0.116. The van der Waals surface area contributed by atoms with Gasteiger partial charge in [-0.15, -0.1) is 0 Å². The van der Waals surface area contributed by atoms with E-state index in [4.69, 9.17) is 0 Å². The van der Waals surface area contributed by atoms with E-state index in [-0.39, 0.29) is 5.04 Å².